The third-order valence-electron chi connectivity index (χ3n) is 3.48. The van der Waals surface area contributed by atoms with Gasteiger partial charge >= 0.3 is 0 Å². The van der Waals surface area contributed by atoms with Gasteiger partial charge in [0.2, 0.25) is 0 Å². The molecule has 0 bridgehead atoms. The Hall–Kier alpha value is -1.89. The smallest absolute Gasteiger partial charge is 0.167 e. The molecule has 1 unspecified atom stereocenters. The van der Waals surface area contributed by atoms with E-state index in [2.05, 4.69) is 37.3 Å². The summed E-state index contributed by atoms with van der Waals surface area (Å²) in [5, 5.41) is 11.6. The Labute approximate surface area is 105 Å². The van der Waals surface area contributed by atoms with E-state index in [1.54, 1.807) is 11.0 Å². The normalized spacial score (nSPS) is 17.4. The van der Waals surface area contributed by atoms with Crippen LogP contribution < -0.4 is 0 Å². The zero-order valence-electron chi connectivity index (χ0n) is 10.5. The summed E-state index contributed by atoms with van der Waals surface area (Å²) in [6, 6.07) is 0.188. The molecule has 3 heterocycles. The predicted molar refractivity (Wildman–Crippen MR) is 63.4 cm³/mol. The fraction of sp³-hybridized carbons (Fsp3) is 0.545. The van der Waals surface area contributed by atoms with Crippen LogP contribution in [0.3, 0.4) is 0 Å². The first kappa shape index (κ1) is 11.2. The first-order chi connectivity index (χ1) is 8.75. The number of nitrogens with zero attached hydrogens (tertiary/aromatic N) is 7. The zero-order chi connectivity index (χ0) is 12.5. The molecule has 0 amide bonds. The molecule has 0 radical (unpaired) electrons. The minimum atomic E-state index is 0.188. The number of hydrogen-bond acceptors (Lipinski definition) is 6. The number of rotatable bonds is 2. The minimum Gasteiger partial charge on any atom is -0.287 e. The van der Waals surface area contributed by atoms with Gasteiger partial charge < -0.3 is 0 Å². The number of aromatic nitrogens is 6. The lowest BCUT2D eigenvalue weighted by atomic mass is 10.1. The topological polar surface area (TPSA) is 72.6 Å². The minimum absolute atomic E-state index is 0.188. The second-order valence-electron chi connectivity index (χ2n) is 4.55. The lowest BCUT2D eigenvalue weighted by molar-refractivity contribution is 0.178. The Balaban J connectivity index is 1.82. The van der Waals surface area contributed by atoms with Crippen LogP contribution in [0.15, 0.2) is 12.5 Å². The summed E-state index contributed by atoms with van der Waals surface area (Å²) in [5.74, 6) is 0.882. The molecule has 1 aliphatic rings. The van der Waals surface area contributed by atoms with Gasteiger partial charge in [-0.25, -0.2) is 14.6 Å². The van der Waals surface area contributed by atoms with Gasteiger partial charge in [0, 0.05) is 26.3 Å². The molecule has 2 aromatic rings. The van der Waals surface area contributed by atoms with Crippen LogP contribution in [0.5, 0.6) is 0 Å². The van der Waals surface area contributed by atoms with E-state index >= 15 is 0 Å². The monoisotopic (exact) mass is 245 g/mol. The second-order valence-corrected chi connectivity index (χ2v) is 4.55. The average Bonchev–Trinajstić information content (AvgIpc) is 2.83. The Morgan fingerprint density at radius 3 is 3.06 bits per heavy atom. The van der Waals surface area contributed by atoms with Crippen molar-refractivity contribution in [3.05, 3.63) is 29.6 Å². The number of fused-ring (bicyclic) bond motifs is 1. The molecule has 0 aromatic carbocycles. The summed E-state index contributed by atoms with van der Waals surface area (Å²) in [6.07, 6.45) is 4.50. The standard InChI is InChI=1S/C11H15N7/c1-8(11-14-15-16-17(11)2)18-4-3-9-5-12-7-13-10(9)6-18/h5,7-8H,3-4,6H2,1-2H3. The van der Waals surface area contributed by atoms with E-state index in [-0.39, 0.29) is 6.04 Å². The van der Waals surface area contributed by atoms with Crippen molar-refractivity contribution in [3.63, 3.8) is 0 Å². The van der Waals surface area contributed by atoms with E-state index in [4.69, 9.17) is 0 Å². The molecule has 0 spiro atoms. The summed E-state index contributed by atoms with van der Waals surface area (Å²) in [6.45, 7) is 3.93. The molecule has 1 atom stereocenters. The highest BCUT2D eigenvalue weighted by Crippen LogP contribution is 2.24. The fourth-order valence-electron chi connectivity index (χ4n) is 2.35. The van der Waals surface area contributed by atoms with E-state index in [0.717, 1.165) is 31.0 Å². The maximum absolute atomic E-state index is 4.34. The Bertz CT molecular complexity index is 550. The Morgan fingerprint density at radius 2 is 2.28 bits per heavy atom. The predicted octanol–water partition coefficient (Wildman–Crippen LogP) is 0.119. The molecule has 0 saturated heterocycles. The largest absolute Gasteiger partial charge is 0.287 e. The van der Waals surface area contributed by atoms with Crippen LogP contribution in [-0.4, -0.2) is 41.6 Å². The first-order valence-electron chi connectivity index (χ1n) is 6.00. The quantitative estimate of drug-likeness (QED) is 0.748. The summed E-state index contributed by atoms with van der Waals surface area (Å²) in [5.41, 5.74) is 2.36. The van der Waals surface area contributed by atoms with Crippen LogP contribution in [0, 0.1) is 0 Å². The van der Waals surface area contributed by atoms with Gasteiger partial charge in [-0.3, -0.25) is 4.90 Å². The molecule has 0 saturated carbocycles. The van der Waals surface area contributed by atoms with Crippen molar-refractivity contribution in [3.8, 4) is 0 Å². The lowest BCUT2D eigenvalue weighted by Crippen LogP contribution is -2.34. The van der Waals surface area contributed by atoms with Gasteiger partial charge in [-0.2, -0.15) is 0 Å². The van der Waals surface area contributed by atoms with Crippen molar-refractivity contribution < 1.29 is 0 Å². The van der Waals surface area contributed by atoms with Crippen molar-refractivity contribution in [2.24, 2.45) is 7.05 Å². The Kier molecular flexibility index (Phi) is 2.75. The maximum Gasteiger partial charge on any atom is 0.167 e. The molecular weight excluding hydrogens is 230 g/mol. The molecule has 1 aliphatic heterocycles. The third-order valence-corrected chi connectivity index (χ3v) is 3.48. The van der Waals surface area contributed by atoms with Crippen molar-refractivity contribution in [1.82, 2.24) is 35.1 Å². The van der Waals surface area contributed by atoms with Crippen molar-refractivity contribution >= 4 is 0 Å². The molecule has 94 valence electrons. The molecule has 7 heteroatoms. The highest BCUT2D eigenvalue weighted by atomic mass is 15.5. The van der Waals surface area contributed by atoms with Crippen molar-refractivity contribution in [2.75, 3.05) is 6.54 Å². The fourth-order valence-corrected chi connectivity index (χ4v) is 2.35. The van der Waals surface area contributed by atoms with E-state index in [1.807, 2.05) is 13.2 Å². The van der Waals surface area contributed by atoms with E-state index < -0.39 is 0 Å². The summed E-state index contributed by atoms with van der Waals surface area (Å²) in [4.78, 5) is 10.7. The van der Waals surface area contributed by atoms with Crippen LogP contribution in [0.25, 0.3) is 0 Å². The number of tetrazole rings is 1. The summed E-state index contributed by atoms with van der Waals surface area (Å²) >= 11 is 0. The van der Waals surface area contributed by atoms with Crippen LogP contribution in [0.4, 0.5) is 0 Å². The molecule has 7 nitrogen and oxygen atoms in total. The van der Waals surface area contributed by atoms with Gasteiger partial charge in [0.1, 0.15) is 6.33 Å². The lowest BCUT2D eigenvalue weighted by Gasteiger charge is -2.31. The highest BCUT2D eigenvalue weighted by molar-refractivity contribution is 5.19. The number of aryl methyl sites for hydroxylation is 1. The van der Waals surface area contributed by atoms with Crippen LogP contribution in [0.1, 0.15) is 30.0 Å². The van der Waals surface area contributed by atoms with Gasteiger partial charge in [-0.1, -0.05) is 0 Å². The third kappa shape index (κ3) is 1.86. The van der Waals surface area contributed by atoms with Crippen molar-refractivity contribution in [1.29, 1.82) is 0 Å². The molecule has 2 aromatic heterocycles. The summed E-state index contributed by atoms with van der Waals surface area (Å²) < 4.78 is 1.72. The van der Waals surface area contributed by atoms with Crippen LogP contribution >= 0.6 is 0 Å². The maximum atomic E-state index is 4.34. The Morgan fingerprint density at radius 1 is 1.39 bits per heavy atom. The molecule has 18 heavy (non-hydrogen) atoms. The highest BCUT2D eigenvalue weighted by Gasteiger charge is 2.25. The molecule has 0 fully saturated rings. The zero-order valence-corrected chi connectivity index (χ0v) is 10.5. The van der Waals surface area contributed by atoms with Crippen molar-refractivity contribution in [2.45, 2.75) is 25.9 Å². The van der Waals surface area contributed by atoms with Crippen LogP contribution in [-0.2, 0) is 20.0 Å². The van der Waals surface area contributed by atoms with E-state index in [9.17, 15) is 0 Å². The summed E-state index contributed by atoms with van der Waals surface area (Å²) in [7, 11) is 1.87. The van der Waals surface area contributed by atoms with Gasteiger partial charge in [0.15, 0.2) is 5.82 Å². The van der Waals surface area contributed by atoms with E-state index in [1.165, 1.54) is 5.56 Å². The average molecular weight is 245 g/mol. The molecule has 0 N–H and O–H groups in total. The van der Waals surface area contributed by atoms with Crippen LogP contribution in [0.2, 0.25) is 0 Å². The van der Waals surface area contributed by atoms with Gasteiger partial charge in [0.25, 0.3) is 0 Å². The van der Waals surface area contributed by atoms with Gasteiger partial charge in [-0.15, -0.1) is 5.10 Å². The van der Waals surface area contributed by atoms with E-state index in [0.29, 0.717) is 0 Å². The molecule has 0 aliphatic carbocycles. The number of hydrogen-bond donors (Lipinski definition) is 0. The van der Waals surface area contributed by atoms with Gasteiger partial charge in [0.05, 0.1) is 11.7 Å². The molecule has 3 rings (SSSR count). The molecular formula is C11H15N7. The van der Waals surface area contributed by atoms with Gasteiger partial charge in [-0.05, 0) is 29.3 Å². The second kappa shape index (κ2) is 4.41. The SMILES string of the molecule is CC(c1nnnn1C)N1CCc2cncnc2C1. The first-order valence-corrected chi connectivity index (χ1v) is 6.00.